The van der Waals surface area contributed by atoms with Crippen molar-refractivity contribution in [1.82, 2.24) is 29.7 Å². The Morgan fingerprint density at radius 1 is 1.08 bits per heavy atom. The summed E-state index contributed by atoms with van der Waals surface area (Å²) < 4.78 is 20.1. The van der Waals surface area contributed by atoms with Gasteiger partial charge in [-0.1, -0.05) is 12.1 Å². The fourth-order valence-corrected chi connectivity index (χ4v) is 4.42. The number of fused-ring (bicyclic) bond motifs is 2. The summed E-state index contributed by atoms with van der Waals surface area (Å²) in [7, 11) is 0. The van der Waals surface area contributed by atoms with Crippen LogP contribution in [0.1, 0.15) is 39.5 Å². The Labute approximate surface area is 203 Å². The van der Waals surface area contributed by atoms with E-state index in [0.29, 0.717) is 28.5 Å². The molecule has 0 radical (unpaired) electrons. The molecule has 0 saturated heterocycles. The normalized spacial score (nSPS) is 14.9. The van der Waals surface area contributed by atoms with E-state index in [4.69, 9.17) is 4.74 Å². The van der Waals surface area contributed by atoms with E-state index in [1.807, 2.05) is 19.1 Å². The minimum atomic E-state index is -0.589. The number of anilines is 1. The van der Waals surface area contributed by atoms with Crippen molar-refractivity contribution in [3.63, 3.8) is 0 Å². The molecule has 1 atom stereocenters. The average Bonchev–Trinajstić information content (AvgIpc) is 3.49. The van der Waals surface area contributed by atoms with Crippen LogP contribution < -0.4 is 10.1 Å². The first-order chi connectivity index (χ1) is 17.5. The molecular weight excluding hydrogens is 465 g/mol. The van der Waals surface area contributed by atoms with Crippen molar-refractivity contribution < 1.29 is 18.7 Å². The molecule has 36 heavy (non-hydrogen) atoms. The fourth-order valence-electron chi connectivity index (χ4n) is 4.42. The summed E-state index contributed by atoms with van der Waals surface area (Å²) in [5, 5.41) is 7.60. The highest BCUT2D eigenvalue weighted by atomic mass is 19.1. The second-order valence-corrected chi connectivity index (χ2v) is 8.33. The number of hydrogen-bond donors (Lipinski definition) is 2. The number of nitrogens with zero attached hydrogens (tertiary/aromatic N) is 5. The lowest BCUT2D eigenvalue weighted by atomic mass is 9.86. The number of nitrogens with one attached hydrogen (secondary N) is 2. The third-order valence-electron chi connectivity index (χ3n) is 6.08. The van der Waals surface area contributed by atoms with Gasteiger partial charge < -0.3 is 15.0 Å². The summed E-state index contributed by atoms with van der Waals surface area (Å²) in [4.78, 5) is 40.7. The summed E-state index contributed by atoms with van der Waals surface area (Å²) in [5.41, 5.74) is 3.82. The van der Waals surface area contributed by atoms with Crippen LogP contribution in [0.2, 0.25) is 0 Å². The van der Waals surface area contributed by atoms with E-state index >= 15 is 0 Å². The van der Waals surface area contributed by atoms with Crippen LogP contribution in [0, 0.1) is 12.7 Å². The Kier molecular flexibility index (Phi) is 5.03. The number of hydrogen-bond acceptors (Lipinski definition) is 7. The van der Waals surface area contributed by atoms with Crippen LogP contribution in [0.5, 0.6) is 5.75 Å². The molecule has 0 spiro atoms. The van der Waals surface area contributed by atoms with Crippen molar-refractivity contribution in [1.29, 1.82) is 0 Å². The molecule has 10 nitrogen and oxygen atoms in total. The number of amides is 1. The Morgan fingerprint density at radius 3 is 2.64 bits per heavy atom. The third kappa shape index (κ3) is 3.66. The first-order valence-electron chi connectivity index (χ1n) is 11.1. The SMILES string of the molecule is Cc1nn(-c2ncnc3nc[nH]c23)c2c1[C@H](c1ccc(OC(=O)c3ccc(F)cc3)cc1)CC(=O)N2. The largest absolute Gasteiger partial charge is 0.423 e. The molecule has 0 aliphatic carbocycles. The van der Waals surface area contributed by atoms with Crippen LogP contribution in [-0.4, -0.2) is 41.6 Å². The van der Waals surface area contributed by atoms with Gasteiger partial charge in [0.1, 0.15) is 29.2 Å². The number of rotatable bonds is 4. The van der Waals surface area contributed by atoms with Crippen molar-refractivity contribution in [3.05, 3.63) is 89.4 Å². The molecule has 1 aliphatic heterocycles. The van der Waals surface area contributed by atoms with Gasteiger partial charge in [0.25, 0.3) is 0 Å². The Balaban J connectivity index is 1.32. The number of halogens is 1. The summed E-state index contributed by atoms with van der Waals surface area (Å²) >= 11 is 0. The van der Waals surface area contributed by atoms with Gasteiger partial charge in [-0.2, -0.15) is 9.78 Å². The van der Waals surface area contributed by atoms with Gasteiger partial charge in [-0.3, -0.25) is 4.79 Å². The molecule has 2 N–H and O–H groups in total. The Morgan fingerprint density at radius 2 is 1.86 bits per heavy atom. The molecule has 0 saturated carbocycles. The molecule has 0 fully saturated rings. The number of aryl methyl sites for hydroxylation is 1. The molecule has 0 unspecified atom stereocenters. The maximum atomic E-state index is 13.1. The van der Waals surface area contributed by atoms with E-state index in [1.54, 1.807) is 16.8 Å². The van der Waals surface area contributed by atoms with Crippen LogP contribution in [0.3, 0.4) is 0 Å². The molecule has 4 heterocycles. The molecule has 3 aromatic heterocycles. The van der Waals surface area contributed by atoms with E-state index in [9.17, 15) is 14.0 Å². The van der Waals surface area contributed by atoms with E-state index in [-0.39, 0.29) is 23.8 Å². The standard InChI is InChI=1S/C25H18FN7O3/c1-13-20-18(14-4-8-17(9-5-14)36-25(35)15-2-6-16(26)7-3-15)10-19(34)31-23(20)33(32-13)24-21-22(28-11-27-21)29-12-30-24/h2-9,11-12,18H,10H2,1H3,(H,31,34)(H,27,28,29,30)/t18-/m0/s1. The van der Waals surface area contributed by atoms with Gasteiger partial charge in [0.05, 0.1) is 17.6 Å². The number of aromatic amines is 1. The van der Waals surface area contributed by atoms with Crippen LogP contribution >= 0.6 is 0 Å². The molecule has 1 amide bonds. The topological polar surface area (TPSA) is 128 Å². The van der Waals surface area contributed by atoms with Gasteiger partial charge in [-0.05, 0) is 48.9 Å². The second kappa shape index (κ2) is 8.38. The van der Waals surface area contributed by atoms with E-state index < -0.39 is 11.8 Å². The second-order valence-electron chi connectivity index (χ2n) is 8.33. The predicted octanol–water partition coefficient (Wildman–Crippen LogP) is 3.68. The maximum absolute atomic E-state index is 13.1. The average molecular weight is 483 g/mol. The number of ether oxygens (including phenoxy) is 1. The number of H-pyrrole nitrogens is 1. The highest BCUT2D eigenvalue weighted by molar-refractivity contribution is 5.95. The van der Waals surface area contributed by atoms with Crippen LogP contribution in [0.15, 0.2) is 61.2 Å². The van der Waals surface area contributed by atoms with E-state index in [1.165, 1.54) is 36.9 Å². The van der Waals surface area contributed by atoms with Crippen LogP contribution in [-0.2, 0) is 4.79 Å². The minimum Gasteiger partial charge on any atom is -0.423 e. The van der Waals surface area contributed by atoms with Crippen molar-refractivity contribution in [2.75, 3.05) is 5.32 Å². The number of carbonyl (C=O) groups is 2. The minimum absolute atomic E-state index is 0.157. The van der Waals surface area contributed by atoms with Crippen LogP contribution in [0.25, 0.3) is 17.0 Å². The van der Waals surface area contributed by atoms with E-state index in [2.05, 4.69) is 30.4 Å². The molecule has 2 aromatic carbocycles. The lowest BCUT2D eigenvalue weighted by Crippen LogP contribution is -2.25. The first kappa shape index (κ1) is 21.6. The summed E-state index contributed by atoms with van der Waals surface area (Å²) in [5.74, 6) is -0.0864. The quantitative estimate of drug-likeness (QED) is 0.295. The molecule has 1 aliphatic rings. The van der Waals surface area contributed by atoms with Gasteiger partial charge in [0.15, 0.2) is 11.5 Å². The molecule has 11 heteroatoms. The van der Waals surface area contributed by atoms with Crippen molar-refractivity contribution in [2.45, 2.75) is 19.3 Å². The van der Waals surface area contributed by atoms with Gasteiger partial charge in [0, 0.05) is 17.9 Å². The number of benzene rings is 2. The fraction of sp³-hybridized carbons (Fsp3) is 0.120. The smallest absolute Gasteiger partial charge is 0.343 e. The molecular formula is C25H18FN7O3. The molecule has 6 rings (SSSR count). The number of imidazole rings is 1. The highest BCUT2D eigenvalue weighted by Gasteiger charge is 2.33. The number of aromatic nitrogens is 6. The Bertz CT molecular complexity index is 1620. The summed E-state index contributed by atoms with van der Waals surface area (Å²) in [6, 6.07) is 12.1. The maximum Gasteiger partial charge on any atom is 0.343 e. The zero-order valence-corrected chi connectivity index (χ0v) is 18.9. The summed E-state index contributed by atoms with van der Waals surface area (Å²) in [6.45, 7) is 1.88. The molecule has 178 valence electrons. The number of esters is 1. The predicted molar refractivity (Wildman–Crippen MR) is 126 cm³/mol. The van der Waals surface area contributed by atoms with Crippen molar-refractivity contribution >= 4 is 28.9 Å². The zero-order valence-electron chi connectivity index (χ0n) is 18.9. The first-order valence-corrected chi connectivity index (χ1v) is 11.1. The van der Waals surface area contributed by atoms with Gasteiger partial charge >= 0.3 is 5.97 Å². The lowest BCUT2D eigenvalue weighted by molar-refractivity contribution is -0.116. The third-order valence-corrected chi connectivity index (χ3v) is 6.08. The van der Waals surface area contributed by atoms with E-state index in [0.717, 1.165) is 16.8 Å². The summed E-state index contributed by atoms with van der Waals surface area (Å²) in [6.07, 6.45) is 3.16. The Hall–Kier alpha value is -4.93. The highest BCUT2D eigenvalue weighted by Crippen LogP contribution is 2.40. The lowest BCUT2D eigenvalue weighted by Gasteiger charge is -2.24. The van der Waals surface area contributed by atoms with Crippen molar-refractivity contribution in [2.24, 2.45) is 0 Å². The number of carbonyl (C=O) groups excluding carboxylic acids is 2. The van der Waals surface area contributed by atoms with Crippen LogP contribution in [0.4, 0.5) is 10.2 Å². The van der Waals surface area contributed by atoms with Crippen molar-refractivity contribution in [3.8, 4) is 11.6 Å². The zero-order chi connectivity index (χ0) is 24.8. The molecule has 5 aromatic rings. The van der Waals surface area contributed by atoms with Gasteiger partial charge in [-0.25, -0.2) is 24.1 Å². The monoisotopic (exact) mass is 483 g/mol. The van der Waals surface area contributed by atoms with Gasteiger partial charge in [0.2, 0.25) is 5.91 Å². The molecule has 0 bridgehead atoms. The van der Waals surface area contributed by atoms with Gasteiger partial charge in [-0.15, -0.1) is 0 Å².